The van der Waals surface area contributed by atoms with E-state index >= 15 is 0 Å². The van der Waals surface area contributed by atoms with Crippen LogP contribution in [0.2, 0.25) is 5.02 Å². The van der Waals surface area contributed by atoms with Crippen LogP contribution >= 0.6 is 22.9 Å². The van der Waals surface area contributed by atoms with E-state index in [9.17, 15) is 4.79 Å². The van der Waals surface area contributed by atoms with Crippen LogP contribution in [-0.4, -0.2) is 20.9 Å². The number of nitrogens with zero attached hydrogens (tertiary/aromatic N) is 3. The molecular formula is C16H14ClN5OS. The number of thiazole rings is 1. The van der Waals surface area contributed by atoms with E-state index < -0.39 is 0 Å². The summed E-state index contributed by atoms with van der Waals surface area (Å²) in [5.74, 6) is 0.310. The van der Waals surface area contributed by atoms with E-state index in [1.54, 1.807) is 24.4 Å². The largest absolute Gasteiger partial charge is 0.324 e. The van der Waals surface area contributed by atoms with Gasteiger partial charge >= 0.3 is 0 Å². The van der Waals surface area contributed by atoms with E-state index in [0.29, 0.717) is 16.1 Å². The van der Waals surface area contributed by atoms with Gasteiger partial charge in [0.2, 0.25) is 11.9 Å². The van der Waals surface area contributed by atoms with E-state index in [1.807, 2.05) is 19.1 Å². The van der Waals surface area contributed by atoms with Crippen LogP contribution in [0.4, 0.5) is 16.8 Å². The molecule has 2 heterocycles. The molecule has 3 aromatic rings. The van der Waals surface area contributed by atoms with Gasteiger partial charge in [0.05, 0.1) is 16.3 Å². The number of halogens is 1. The maximum Gasteiger partial charge on any atom is 0.227 e. The van der Waals surface area contributed by atoms with Crippen molar-refractivity contribution in [2.24, 2.45) is 0 Å². The number of anilines is 3. The van der Waals surface area contributed by atoms with Crippen LogP contribution in [0.25, 0.3) is 10.6 Å². The maximum absolute atomic E-state index is 11.2. The second kappa shape index (κ2) is 6.94. The second-order valence-electron chi connectivity index (χ2n) is 5.02. The lowest BCUT2D eigenvalue weighted by molar-refractivity contribution is -0.114. The third-order valence-corrected chi connectivity index (χ3v) is 4.38. The van der Waals surface area contributed by atoms with Crippen molar-refractivity contribution in [3.63, 3.8) is 0 Å². The SMILES string of the molecule is CC(=O)Nc1nc(C)c(-c2ccnc(Nc3cccc(Cl)c3)n2)s1. The Kier molecular flexibility index (Phi) is 4.73. The summed E-state index contributed by atoms with van der Waals surface area (Å²) in [4.78, 5) is 25.1. The quantitative estimate of drug-likeness (QED) is 0.727. The molecule has 0 unspecified atom stereocenters. The maximum atomic E-state index is 11.2. The molecule has 2 aromatic heterocycles. The minimum atomic E-state index is -0.152. The van der Waals surface area contributed by atoms with Crippen molar-refractivity contribution in [3.05, 3.63) is 47.2 Å². The van der Waals surface area contributed by atoms with Crippen LogP contribution in [0.3, 0.4) is 0 Å². The molecule has 0 spiro atoms. The average molecular weight is 360 g/mol. The molecule has 0 radical (unpaired) electrons. The van der Waals surface area contributed by atoms with Crippen molar-refractivity contribution in [1.82, 2.24) is 15.0 Å². The molecular weight excluding hydrogens is 346 g/mol. The van der Waals surface area contributed by atoms with Crippen LogP contribution in [0, 0.1) is 6.92 Å². The number of hydrogen-bond acceptors (Lipinski definition) is 6. The predicted molar refractivity (Wildman–Crippen MR) is 96.9 cm³/mol. The zero-order chi connectivity index (χ0) is 17.1. The fourth-order valence-electron chi connectivity index (χ4n) is 2.08. The Morgan fingerprint density at radius 1 is 1.25 bits per heavy atom. The summed E-state index contributed by atoms with van der Waals surface area (Å²) in [7, 11) is 0. The molecule has 0 aliphatic rings. The number of carbonyl (C=O) groups excluding carboxylic acids is 1. The number of aryl methyl sites for hydroxylation is 1. The Labute approximate surface area is 148 Å². The highest BCUT2D eigenvalue weighted by molar-refractivity contribution is 7.19. The van der Waals surface area contributed by atoms with Crippen molar-refractivity contribution < 1.29 is 4.79 Å². The molecule has 6 nitrogen and oxygen atoms in total. The highest BCUT2D eigenvalue weighted by Crippen LogP contribution is 2.32. The summed E-state index contributed by atoms with van der Waals surface area (Å²) in [6, 6.07) is 9.14. The predicted octanol–water partition coefficient (Wildman–Crippen LogP) is 4.26. The average Bonchev–Trinajstić information content (AvgIpc) is 2.87. The van der Waals surface area contributed by atoms with Gasteiger partial charge in [-0.25, -0.2) is 15.0 Å². The van der Waals surface area contributed by atoms with Gasteiger partial charge in [0, 0.05) is 23.8 Å². The summed E-state index contributed by atoms with van der Waals surface area (Å²) in [6.07, 6.45) is 1.67. The Morgan fingerprint density at radius 2 is 2.08 bits per heavy atom. The molecule has 0 fully saturated rings. The summed E-state index contributed by atoms with van der Waals surface area (Å²) in [5, 5.41) is 7.00. The van der Waals surface area contributed by atoms with Crippen LogP contribution in [0.5, 0.6) is 0 Å². The molecule has 8 heteroatoms. The highest BCUT2D eigenvalue weighted by Gasteiger charge is 2.12. The first-order valence-electron chi connectivity index (χ1n) is 7.12. The van der Waals surface area contributed by atoms with E-state index in [2.05, 4.69) is 25.6 Å². The van der Waals surface area contributed by atoms with Gasteiger partial charge in [-0.3, -0.25) is 4.79 Å². The molecule has 122 valence electrons. The van der Waals surface area contributed by atoms with Crippen molar-refractivity contribution in [2.75, 3.05) is 10.6 Å². The second-order valence-corrected chi connectivity index (χ2v) is 6.45. The number of carbonyl (C=O) groups is 1. The summed E-state index contributed by atoms with van der Waals surface area (Å²) >= 11 is 7.36. The van der Waals surface area contributed by atoms with Gasteiger partial charge in [0.1, 0.15) is 0 Å². The number of aromatic nitrogens is 3. The van der Waals surface area contributed by atoms with Crippen molar-refractivity contribution in [2.45, 2.75) is 13.8 Å². The molecule has 1 aromatic carbocycles. The first-order chi connectivity index (χ1) is 11.5. The van der Waals surface area contributed by atoms with E-state index in [1.165, 1.54) is 18.3 Å². The molecule has 3 rings (SSSR count). The fraction of sp³-hybridized carbons (Fsp3) is 0.125. The minimum absolute atomic E-state index is 0.152. The molecule has 24 heavy (non-hydrogen) atoms. The van der Waals surface area contributed by atoms with Crippen LogP contribution in [-0.2, 0) is 4.79 Å². The highest BCUT2D eigenvalue weighted by atomic mass is 35.5. The lowest BCUT2D eigenvalue weighted by Gasteiger charge is -2.06. The first-order valence-corrected chi connectivity index (χ1v) is 8.32. The van der Waals surface area contributed by atoms with E-state index in [4.69, 9.17) is 11.6 Å². The molecule has 0 aliphatic carbocycles. The first kappa shape index (κ1) is 16.4. The molecule has 0 aliphatic heterocycles. The number of nitrogens with one attached hydrogen (secondary N) is 2. The van der Waals surface area contributed by atoms with Crippen LogP contribution in [0.1, 0.15) is 12.6 Å². The summed E-state index contributed by atoms with van der Waals surface area (Å²) < 4.78 is 0. The van der Waals surface area contributed by atoms with Gasteiger partial charge in [-0.05, 0) is 31.2 Å². The van der Waals surface area contributed by atoms with Crippen LogP contribution in [0.15, 0.2) is 36.5 Å². The standard InChI is InChI=1S/C16H14ClN5OS/c1-9-14(24-16(19-9)20-10(2)23)13-6-7-18-15(22-13)21-12-5-3-4-11(17)8-12/h3-8H,1-2H3,(H,18,21,22)(H,19,20,23). The lowest BCUT2D eigenvalue weighted by atomic mass is 10.3. The minimum Gasteiger partial charge on any atom is -0.324 e. The number of benzene rings is 1. The molecule has 0 atom stereocenters. The Bertz CT molecular complexity index is 896. The van der Waals surface area contributed by atoms with Crippen molar-refractivity contribution in [1.29, 1.82) is 0 Å². The summed E-state index contributed by atoms with van der Waals surface area (Å²) in [5.41, 5.74) is 2.34. The smallest absolute Gasteiger partial charge is 0.227 e. The Hall–Kier alpha value is -2.51. The molecule has 1 amide bonds. The molecule has 0 saturated carbocycles. The van der Waals surface area contributed by atoms with Gasteiger partial charge in [0.15, 0.2) is 5.13 Å². The molecule has 0 bridgehead atoms. The summed E-state index contributed by atoms with van der Waals surface area (Å²) in [6.45, 7) is 3.33. The fourth-order valence-corrected chi connectivity index (χ4v) is 3.25. The zero-order valence-corrected chi connectivity index (χ0v) is 14.6. The number of amides is 1. The number of hydrogen-bond donors (Lipinski definition) is 2. The van der Waals surface area contributed by atoms with Crippen molar-refractivity contribution >= 4 is 45.6 Å². The monoisotopic (exact) mass is 359 g/mol. The van der Waals surface area contributed by atoms with Crippen molar-refractivity contribution in [3.8, 4) is 10.6 Å². The van der Waals surface area contributed by atoms with Gasteiger partial charge in [0.25, 0.3) is 0 Å². The molecule has 2 N–H and O–H groups in total. The van der Waals surface area contributed by atoms with Gasteiger partial charge in [-0.2, -0.15) is 0 Å². The Morgan fingerprint density at radius 3 is 2.83 bits per heavy atom. The topological polar surface area (TPSA) is 79.8 Å². The Balaban J connectivity index is 1.88. The van der Waals surface area contributed by atoms with Gasteiger partial charge in [-0.15, -0.1) is 0 Å². The zero-order valence-electron chi connectivity index (χ0n) is 13.0. The van der Waals surface area contributed by atoms with E-state index in [-0.39, 0.29) is 5.91 Å². The van der Waals surface area contributed by atoms with Gasteiger partial charge in [-0.1, -0.05) is 29.0 Å². The third-order valence-electron chi connectivity index (χ3n) is 3.05. The van der Waals surface area contributed by atoms with Crippen LogP contribution < -0.4 is 10.6 Å². The number of rotatable bonds is 4. The molecule has 0 saturated heterocycles. The third kappa shape index (κ3) is 3.87. The van der Waals surface area contributed by atoms with E-state index in [0.717, 1.165) is 22.0 Å². The lowest BCUT2D eigenvalue weighted by Crippen LogP contribution is -2.04. The normalized spacial score (nSPS) is 10.5. The van der Waals surface area contributed by atoms with Gasteiger partial charge < -0.3 is 10.6 Å².